The summed E-state index contributed by atoms with van der Waals surface area (Å²) < 4.78 is 37.9. The molecule has 1 heterocycles. The molecule has 28 heavy (non-hydrogen) atoms. The van der Waals surface area contributed by atoms with Crippen LogP contribution in [0.1, 0.15) is 22.4 Å². The molecule has 0 radical (unpaired) electrons. The molecule has 0 aliphatic heterocycles. The van der Waals surface area contributed by atoms with E-state index < -0.39 is 11.7 Å². The van der Waals surface area contributed by atoms with Gasteiger partial charge in [-0.3, -0.25) is 4.79 Å². The molecule has 0 bridgehead atoms. The summed E-state index contributed by atoms with van der Waals surface area (Å²) >= 11 is 1.48. The number of thiazole rings is 1. The molecule has 0 unspecified atom stereocenters. The number of nitrogens with zero attached hydrogens (tertiary/aromatic N) is 2. The molecule has 3 rings (SSSR count). The second-order valence-corrected chi connectivity index (χ2v) is 7.49. The number of aromatic nitrogens is 1. The normalized spacial score (nSPS) is 11.5. The number of benzene rings is 2. The topological polar surface area (TPSA) is 33.2 Å². The number of hydrogen-bond donors (Lipinski definition) is 0. The van der Waals surface area contributed by atoms with Gasteiger partial charge in [-0.2, -0.15) is 13.2 Å². The Hall–Kier alpha value is -2.67. The summed E-state index contributed by atoms with van der Waals surface area (Å²) in [5.74, 6) is -0.138. The first-order chi connectivity index (χ1) is 13.2. The highest BCUT2D eigenvalue weighted by Gasteiger charge is 2.30. The zero-order valence-corrected chi connectivity index (χ0v) is 16.3. The predicted octanol–water partition coefficient (Wildman–Crippen LogP) is 5.34. The smallest absolute Gasteiger partial charge is 0.341 e. The number of carbonyl (C=O) groups is 1. The van der Waals surface area contributed by atoms with Gasteiger partial charge in [-0.1, -0.05) is 35.9 Å². The molecule has 7 heteroatoms. The van der Waals surface area contributed by atoms with E-state index in [0.29, 0.717) is 11.3 Å². The van der Waals surface area contributed by atoms with E-state index in [4.69, 9.17) is 0 Å². The molecule has 1 amide bonds. The van der Waals surface area contributed by atoms with E-state index in [1.54, 1.807) is 7.05 Å². The van der Waals surface area contributed by atoms with E-state index in [1.165, 1.54) is 28.4 Å². The number of alkyl halides is 3. The first-order valence-corrected chi connectivity index (χ1v) is 9.52. The Morgan fingerprint density at radius 2 is 1.86 bits per heavy atom. The Bertz CT molecular complexity index is 964. The molecule has 0 saturated heterocycles. The molecular weight excluding hydrogens is 385 g/mol. The average molecular weight is 404 g/mol. The summed E-state index contributed by atoms with van der Waals surface area (Å²) in [5.41, 5.74) is 2.79. The van der Waals surface area contributed by atoms with Crippen molar-refractivity contribution >= 4 is 17.2 Å². The lowest BCUT2D eigenvalue weighted by atomic mass is 10.1. The largest absolute Gasteiger partial charge is 0.416 e. The number of halogens is 3. The van der Waals surface area contributed by atoms with Crippen molar-refractivity contribution in [2.24, 2.45) is 0 Å². The Labute approximate surface area is 165 Å². The fourth-order valence-corrected chi connectivity index (χ4v) is 3.57. The van der Waals surface area contributed by atoms with Gasteiger partial charge in [0.2, 0.25) is 5.91 Å². The maximum absolute atomic E-state index is 12.6. The minimum atomic E-state index is -4.36. The van der Waals surface area contributed by atoms with Crippen molar-refractivity contribution in [3.63, 3.8) is 0 Å². The van der Waals surface area contributed by atoms with Gasteiger partial charge in [-0.15, -0.1) is 11.3 Å². The second-order valence-electron chi connectivity index (χ2n) is 6.63. The summed E-state index contributed by atoms with van der Waals surface area (Å²) in [4.78, 5) is 18.5. The van der Waals surface area contributed by atoms with E-state index >= 15 is 0 Å². The molecule has 0 spiro atoms. The molecule has 2 aromatic carbocycles. The fourth-order valence-electron chi connectivity index (χ4n) is 2.75. The second kappa shape index (κ2) is 8.14. The Balaban J connectivity index is 1.62. The zero-order chi connectivity index (χ0) is 20.3. The number of carbonyl (C=O) groups excluding carboxylic acids is 1. The van der Waals surface area contributed by atoms with Crippen molar-refractivity contribution in [3.8, 4) is 10.6 Å². The van der Waals surface area contributed by atoms with E-state index in [9.17, 15) is 18.0 Å². The zero-order valence-electron chi connectivity index (χ0n) is 15.5. The molecule has 1 aromatic heterocycles. The van der Waals surface area contributed by atoms with Crippen molar-refractivity contribution in [1.29, 1.82) is 0 Å². The lowest BCUT2D eigenvalue weighted by Gasteiger charge is -2.17. The van der Waals surface area contributed by atoms with Gasteiger partial charge in [0, 0.05) is 24.5 Å². The lowest BCUT2D eigenvalue weighted by Crippen LogP contribution is -2.27. The van der Waals surface area contributed by atoms with Crippen molar-refractivity contribution < 1.29 is 18.0 Å². The maximum atomic E-state index is 12.6. The lowest BCUT2D eigenvalue weighted by molar-refractivity contribution is -0.137. The third-order valence-corrected chi connectivity index (χ3v) is 5.22. The van der Waals surface area contributed by atoms with Gasteiger partial charge < -0.3 is 4.90 Å². The molecule has 146 valence electrons. The van der Waals surface area contributed by atoms with Crippen LogP contribution in [-0.4, -0.2) is 22.8 Å². The minimum Gasteiger partial charge on any atom is -0.341 e. The molecule has 0 saturated carbocycles. The molecule has 0 N–H and O–H groups in total. The van der Waals surface area contributed by atoms with Gasteiger partial charge >= 0.3 is 6.18 Å². The SMILES string of the molecule is Cc1cccc(-c2nc(CC(=O)N(C)Cc3ccc(C(F)(F)F)cc3)cs2)c1. The van der Waals surface area contributed by atoms with E-state index in [-0.39, 0.29) is 18.9 Å². The van der Waals surface area contributed by atoms with E-state index in [2.05, 4.69) is 4.98 Å². The molecule has 0 atom stereocenters. The quantitative estimate of drug-likeness (QED) is 0.575. The van der Waals surface area contributed by atoms with Gasteiger partial charge in [0.05, 0.1) is 17.7 Å². The fraction of sp³-hybridized carbons (Fsp3) is 0.238. The molecule has 0 fully saturated rings. The van der Waals surface area contributed by atoms with E-state index in [1.807, 2.05) is 36.6 Å². The van der Waals surface area contributed by atoms with Gasteiger partial charge in [0.1, 0.15) is 5.01 Å². The van der Waals surface area contributed by atoms with Crippen molar-refractivity contribution in [2.45, 2.75) is 26.1 Å². The van der Waals surface area contributed by atoms with Gasteiger partial charge in [0.15, 0.2) is 0 Å². The molecule has 0 aliphatic carbocycles. The first kappa shape index (κ1) is 20.1. The average Bonchev–Trinajstić information content (AvgIpc) is 3.10. The Kier molecular flexibility index (Phi) is 5.84. The minimum absolute atomic E-state index is 0.138. The van der Waals surface area contributed by atoms with Crippen LogP contribution in [-0.2, 0) is 23.9 Å². The number of hydrogen-bond acceptors (Lipinski definition) is 3. The summed E-state index contributed by atoms with van der Waals surface area (Å²) in [5, 5.41) is 2.72. The predicted molar refractivity (Wildman–Crippen MR) is 104 cm³/mol. The summed E-state index contributed by atoms with van der Waals surface area (Å²) in [6, 6.07) is 12.8. The monoisotopic (exact) mass is 404 g/mol. The van der Waals surface area contributed by atoms with Gasteiger partial charge in [-0.05, 0) is 30.7 Å². The highest BCUT2D eigenvalue weighted by Crippen LogP contribution is 2.29. The maximum Gasteiger partial charge on any atom is 0.416 e. The number of aryl methyl sites for hydroxylation is 1. The van der Waals surface area contributed by atoms with Gasteiger partial charge in [-0.25, -0.2) is 4.98 Å². The van der Waals surface area contributed by atoms with E-state index in [0.717, 1.165) is 28.3 Å². The third-order valence-electron chi connectivity index (χ3n) is 4.28. The standard InChI is InChI=1S/C21H19F3N2OS/c1-14-4-3-5-16(10-14)20-25-18(13-28-20)11-19(27)26(2)12-15-6-8-17(9-7-15)21(22,23)24/h3-10,13H,11-12H2,1-2H3. The number of rotatable bonds is 5. The number of likely N-dealkylation sites (N-methyl/N-ethyl adjacent to an activating group) is 1. The Morgan fingerprint density at radius 3 is 2.50 bits per heavy atom. The van der Waals surface area contributed by atoms with Crippen LogP contribution >= 0.6 is 11.3 Å². The van der Waals surface area contributed by atoms with Crippen LogP contribution < -0.4 is 0 Å². The molecule has 0 aliphatic rings. The van der Waals surface area contributed by atoms with Crippen molar-refractivity contribution in [1.82, 2.24) is 9.88 Å². The highest BCUT2D eigenvalue weighted by atomic mass is 32.1. The van der Waals surface area contributed by atoms with Crippen LogP contribution in [0.15, 0.2) is 53.9 Å². The molecule has 3 nitrogen and oxygen atoms in total. The van der Waals surface area contributed by atoms with Crippen LogP contribution in [0.2, 0.25) is 0 Å². The molecular formula is C21H19F3N2OS. The molecule has 3 aromatic rings. The van der Waals surface area contributed by atoms with Crippen LogP contribution in [0.25, 0.3) is 10.6 Å². The van der Waals surface area contributed by atoms with Crippen LogP contribution in [0.5, 0.6) is 0 Å². The summed E-state index contributed by atoms with van der Waals surface area (Å²) in [7, 11) is 1.63. The highest BCUT2D eigenvalue weighted by molar-refractivity contribution is 7.13. The van der Waals surface area contributed by atoms with Crippen molar-refractivity contribution in [2.75, 3.05) is 7.05 Å². The van der Waals surface area contributed by atoms with Crippen LogP contribution in [0, 0.1) is 6.92 Å². The first-order valence-electron chi connectivity index (χ1n) is 8.64. The summed E-state index contributed by atoms with van der Waals surface area (Å²) in [6.07, 6.45) is -4.21. The van der Waals surface area contributed by atoms with Crippen LogP contribution in [0.3, 0.4) is 0 Å². The Morgan fingerprint density at radius 1 is 1.14 bits per heavy atom. The van der Waals surface area contributed by atoms with Crippen molar-refractivity contribution in [3.05, 3.63) is 76.3 Å². The van der Waals surface area contributed by atoms with Crippen LogP contribution in [0.4, 0.5) is 13.2 Å². The summed E-state index contributed by atoms with van der Waals surface area (Å²) in [6.45, 7) is 2.25. The third kappa shape index (κ3) is 4.98. The number of amides is 1. The van der Waals surface area contributed by atoms with Gasteiger partial charge in [0.25, 0.3) is 0 Å².